The number of aliphatic hydroxyl groups excluding tert-OH is 1. The minimum atomic E-state index is -2.43. The van der Waals surface area contributed by atoms with Gasteiger partial charge in [0.1, 0.15) is 0 Å². The summed E-state index contributed by atoms with van der Waals surface area (Å²) in [6.07, 6.45) is 0.625. The molecule has 0 spiro atoms. The Morgan fingerprint density at radius 2 is 2.11 bits per heavy atom. The first-order valence-corrected chi connectivity index (χ1v) is 8.68. The lowest BCUT2D eigenvalue weighted by Gasteiger charge is -2.29. The normalized spacial score (nSPS) is 17.6. The van der Waals surface area contributed by atoms with E-state index >= 15 is 0 Å². The Morgan fingerprint density at radius 3 is 2.56 bits per heavy atom. The molecular weight excluding hydrogens is 252 g/mol. The molecule has 106 valence electrons. The van der Waals surface area contributed by atoms with E-state index in [1.165, 1.54) is 0 Å². The van der Waals surface area contributed by atoms with E-state index in [1.807, 2.05) is 13.5 Å². The molecule has 0 aromatic heterocycles. The van der Waals surface area contributed by atoms with E-state index in [0.29, 0.717) is 19.1 Å². The van der Waals surface area contributed by atoms with E-state index < -0.39 is 26.9 Å². The van der Waals surface area contributed by atoms with Gasteiger partial charge in [0.05, 0.1) is 6.10 Å². The summed E-state index contributed by atoms with van der Waals surface area (Å²) in [5, 5.41) is 9.31. The SMILES string of the molecule is C=CC(=O)OC(C)O[Si](C)(CCC(C)O)OCC. The van der Waals surface area contributed by atoms with Crippen LogP contribution in [0.25, 0.3) is 0 Å². The highest BCUT2D eigenvalue weighted by atomic mass is 28.4. The lowest BCUT2D eigenvalue weighted by molar-refractivity contribution is -0.157. The molecule has 18 heavy (non-hydrogen) atoms. The Hall–Kier alpha value is -0.693. The second-order valence-electron chi connectivity index (χ2n) is 4.28. The van der Waals surface area contributed by atoms with Crippen molar-refractivity contribution in [3.05, 3.63) is 12.7 Å². The Balaban J connectivity index is 4.39. The standard InChI is InChI=1S/C12H24O5Si/c1-6-12(14)16-11(4)17-18(5,15-7-2)9-8-10(3)13/h6,10-11,13H,1,7-9H2,2-5H3. The third kappa shape index (κ3) is 7.60. The summed E-state index contributed by atoms with van der Waals surface area (Å²) >= 11 is 0. The minimum absolute atomic E-state index is 0.396. The summed E-state index contributed by atoms with van der Waals surface area (Å²) in [7, 11) is -2.43. The zero-order valence-corrected chi connectivity index (χ0v) is 12.6. The second kappa shape index (κ2) is 8.42. The van der Waals surface area contributed by atoms with Crippen molar-refractivity contribution in [2.75, 3.05) is 6.61 Å². The number of hydrogen-bond acceptors (Lipinski definition) is 5. The molecule has 0 rings (SSSR count). The zero-order chi connectivity index (χ0) is 14.2. The Morgan fingerprint density at radius 1 is 1.50 bits per heavy atom. The van der Waals surface area contributed by atoms with Crippen molar-refractivity contribution in [2.24, 2.45) is 0 Å². The Kier molecular flexibility index (Phi) is 8.09. The van der Waals surface area contributed by atoms with Crippen molar-refractivity contribution in [1.82, 2.24) is 0 Å². The van der Waals surface area contributed by atoms with Crippen molar-refractivity contribution < 1.29 is 23.5 Å². The predicted molar refractivity (Wildman–Crippen MR) is 71.2 cm³/mol. The number of rotatable bonds is 9. The van der Waals surface area contributed by atoms with Gasteiger partial charge in [-0.15, -0.1) is 0 Å². The van der Waals surface area contributed by atoms with E-state index in [9.17, 15) is 9.90 Å². The number of ether oxygens (including phenoxy) is 1. The van der Waals surface area contributed by atoms with Gasteiger partial charge in [-0.3, -0.25) is 0 Å². The maximum Gasteiger partial charge on any atom is 0.337 e. The number of aliphatic hydroxyl groups is 1. The van der Waals surface area contributed by atoms with Gasteiger partial charge in [-0.25, -0.2) is 4.79 Å². The van der Waals surface area contributed by atoms with Gasteiger partial charge in [0, 0.05) is 12.7 Å². The van der Waals surface area contributed by atoms with Crippen LogP contribution in [-0.4, -0.2) is 38.6 Å². The lowest BCUT2D eigenvalue weighted by atomic mass is 10.3. The highest BCUT2D eigenvalue weighted by Crippen LogP contribution is 2.19. The molecule has 1 N–H and O–H groups in total. The highest BCUT2D eigenvalue weighted by molar-refractivity contribution is 6.66. The van der Waals surface area contributed by atoms with Gasteiger partial charge < -0.3 is 18.7 Å². The number of carbonyl (C=O) groups is 1. The monoisotopic (exact) mass is 276 g/mol. The fourth-order valence-electron chi connectivity index (χ4n) is 1.53. The first-order chi connectivity index (χ1) is 8.33. The fraction of sp³-hybridized carbons (Fsp3) is 0.750. The van der Waals surface area contributed by atoms with Crippen molar-refractivity contribution in [1.29, 1.82) is 0 Å². The molecule has 0 aliphatic carbocycles. The summed E-state index contributed by atoms with van der Waals surface area (Å²) in [4.78, 5) is 11.0. The molecule has 3 atom stereocenters. The largest absolute Gasteiger partial charge is 0.434 e. The summed E-state index contributed by atoms with van der Waals surface area (Å²) in [6, 6.07) is 0.647. The first-order valence-electron chi connectivity index (χ1n) is 6.16. The second-order valence-corrected chi connectivity index (χ2v) is 7.57. The van der Waals surface area contributed by atoms with E-state index in [0.717, 1.165) is 6.08 Å². The van der Waals surface area contributed by atoms with Crippen molar-refractivity contribution in [3.63, 3.8) is 0 Å². The summed E-state index contributed by atoms with van der Waals surface area (Å²) in [5.74, 6) is -0.522. The van der Waals surface area contributed by atoms with E-state index in [1.54, 1.807) is 13.8 Å². The average molecular weight is 276 g/mol. The summed E-state index contributed by atoms with van der Waals surface area (Å²) in [6.45, 7) is 11.0. The minimum Gasteiger partial charge on any atom is -0.434 e. The van der Waals surface area contributed by atoms with Gasteiger partial charge in [0.15, 0.2) is 6.29 Å². The van der Waals surface area contributed by atoms with E-state index in [2.05, 4.69) is 6.58 Å². The summed E-state index contributed by atoms with van der Waals surface area (Å²) in [5.41, 5.74) is 0. The van der Waals surface area contributed by atoms with Crippen molar-refractivity contribution in [2.45, 2.75) is 52.2 Å². The number of esters is 1. The number of hydrogen-bond donors (Lipinski definition) is 1. The molecule has 6 heteroatoms. The van der Waals surface area contributed by atoms with Gasteiger partial charge in [0.25, 0.3) is 0 Å². The number of carbonyl (C=O) groups excluding carboxylic acids is 1. The molecule has 0 saturated heterocycles. The molecule has 0 amide bonds. The molecule has 0 aromatic carbocycles. The van der Waals surface area contributed by atoms with E-state index in [-0.39, 0.29) is 0 Å². The smallest absolute Gasteiger partial charge is 0.337 e. The van der Waals surface area contributed by atoms with Gasteiger partial charge >= 0.3 is 14.5 Å². The zero-order valence-electron chi connectivity index (χ0n) is 11.6. The van der Waals surface area contributed by atoms with Crippen LogP contribution in [0.5, 0.6) is 0 Å². The van der Waals surface area contributed by atoms with E-state index in [4.69, 9.17) is 13.6 Å². The van der Waals surface area contributed by atoms with Crippen LogP contribution in [0.2, 0.25) is 12.6 Å². The Bertz CT molecular complexity index is 269. The van der Waals surface area contributed by atoms with Crippen molar-refractivity contribution in [3.8, 4) is 0 Å². The molecule has 0 saturated carbocycles. The fourth-order valence-corrected chi connectivity index (χ4v) is 4.16. The van der Waals surface area contributed by atoms with Crippen LogP contribution in [0.4, 0.5) is 0 Å². The quantitative estimate of drug-likeness (QED) is 0.302. The molecule has 0 heterocycles. The van der Waals surface area contributed by atoms with Crippen LogP contribution in [0.1, 0.15) is 27.2 Å². The molecule has 0 aliphatic heterocycles. The first kappa shape index (κ1) is 17.3. The van der Waals surface area contributed by atoms with Gasteiger partial charge in [-0.1, -0.05) is 6.58 Å². The summed E-state index contributed by atoms with van der Waals surface area (Å²) < 4.78 is 16.3. The van der Waals surface area contributed by atoms with Gasteiger partial charge in [0.2, 0.25) is 0 Å². The Labute approximate surface area is 110 Å². The maximum atomic E-state index is 11.0. The molecule has 0 aromatic rings. The molecule has 0 fully saturated rings. The molecule has 0 aliphatic rings. The van der Waals surface area contributed by atoms with Crippen molar-refractivity contribution >= 4 is 14.5 Å². The van der Waals surface area contributed by atoms with Crippen LogP contribution in [0, 0.1) is 0 Å². The highest BCUT2D eigenvalue weighted by Gasteiger charge is 2.34. The molecule has 5 nitrogen and oxygen atoms in total. The average Bonchev–Trinajstić information content (AvgIpc) is 2.26. The van der Waals surface area contributed by atoms with Crippen LogP contribution in [0.3, 0.4) is 0 Å². The topological polar surface area (TPSA) is 65.0 Å². The third-order valence-corrected chi connectivity index (χ3v) is 5.26. The van der Waals surface area contributed by atoms with Crippen LogP contribution >= 0.6 is 0 Å². The molecular formula is C12H24O5Si. The van der Waals surface area contributed by atoms with Gasteiger partial charge in [-0.05, 0) is 39.8 Å². The predicted octanol–water partition coefficient (Wildman–Crippen LogP) is 1.96. The van der Waals surface area contributed by atoms with Gasteiger partial charge in [-0.2, -0.15) is 0 Å². The molecule has 0 radical (unpaired) electrons. The van der Waals surface area contributed by atoms with Crippen LogP contribution in [0.15, 0.2) is 12.7 Å². The lowest BCUT2D eigenvalue weighted by Crippen LogP contribution is -2.43. The molecule has 3 unspecified atom stereocenters. The maximum absolute atomic E-state index is 11.0. The van der Waals surface area contributed by atoms with Crippen LogP contribution < -0.4 is 0 Å². The molecule has 0 bridgehead atoms. The van der Waals surface area contributed by atoms with Crippen LogP contribution in [-0.2, 0) is 18.4 Å². The third-order valence-electron chi connectivity index (χ3n) is 2.33.